The zero-order valence-electron chi connectivity index (χ0n) is 7.92. The van der Waals surface area contributed by atoms with Gasteiger partial charge < -0.3 is 15.2 Å². The van der Waals surface area contributed by atoms with Gasteiger partial charge in [-0.15, -0.1) is 0 Å². The number of aliphatic hydroxyl groups excluding tert-OH is 1. The predicted molar refractivity (Wildman–Crippen MR) is 48.1 cm³/mol. The minimum atomic E-state index is 0.147. The normalized spacial score (nSPS) is 31.0. The fourth-order valence-electron chi connectivity index (χ4n) is 1.46. The van der Waals surface area contributed by atoms with Gasteiger partial charge in [0.25, 0.3) is 0 Å². The van der Waals surface area contributed by atoms with Gasteiger partial charge >= 0.3 is 0 Å². The van der Waals surface area contributed by atoms with Crippen molar-refractivity contribution in [3.05, 3.63) is 0 Å². The number of hydrogen-bond acceptors (Lipinski definition) is 3. The van der Waals surface area contributed by atoms with E-state index in [0.717, 1.165) is 13.0 Å². The molecule has 1 aliphatic heterocycles. The van der Waals surface area contributed by atoms with Crippen molar-refractivity contribution < 1.29 is 9.84 Å². The van der Waals surface area contributed by atoms with Gasteiger partial charge in [-0.3, -0.25) is 0 Å². The monoisotopic (exact) mass is 173 g/mol. The minimum Gasteiger partial charge on any atom is -0.395 e. The molecule has 0 aliphatic carbocycles. The summed E-state index contributed by atoms with van der Waals surface area (Å²) in [6, 6.07) is 0.147. The molecule has 1 heterocycles. The van der Waals surface area contributed by atoms with Gasteiger partial charge in [-0.25, -0.2) is 0 Å². The highest BCUT2D eigenvalue weighted by atomic mass is 16.5. The molecule has 12 heavy (non-hydrogen) atoms. The fourth-order valence-corrected chi connectivity index (χ4v) is 1.46. The van der Waals surface area contributed by atoms with E-state index in [1.54, 1.807) is 0 Å². The average Bonchev–Trinajstić information content (AvgIpc) is 2.05. The Bertz CT molecular complexity index is 120. The van der Waals surface area contributed by atoms with Crippen LogP contribution in [-0.2, 0) is 4.74 Å². The number of ether oxygens (including phenoxy) is 1. The summed E-state index contributed by atoms with van der Waals surface area (Å²) in [4.78, 5) is 0. The number of aliphatic hydroxyl groups is 1. The third-order valence-electron chi connectivity index (χ3n) is 2.12. The van der Waals surface area contributed by atoms with Crippen molar-refractivity contribution in [2.45, 2.75) is 32.4 Å². The Hall–Kier alpha value is -0.120. The van der Waals surface area contributed by atoms with E-state index in [-0.39, 0.29) is 12.6 Å². The molecule has 3 nitrogen and oxygen atoms in total. The summed E-state index contributed by atoms with van der Waals surface area (Å²) in [5, 5.41) is 12.1. The van der Waals surface area contributed by atoms with Crippen molar-refractivity contribution in [1.82, 2.24) is 5.32 Å². The zero-order chi connectivity index (χ0) is 8.97. The van der Waals surface area contributed by atoms with Gasteiger partial charge in [-0.1, -0.05) is 13.8 Å². The average molecular weight is 173 g/mol. The van der Waals surface area contributed by atoms with E-state index in [2.05, 4.69) is 19.2 Å². The molecule has 2 N–H and O–H groups in total. The molecule has 0 aromatic rings. The van der Waals surface area contributed by atoms with Crippen LogP contribution >= 0.6 is 0 Å². The lowest BCUT2D eigenvalue weighted by molar-refractivity contribution is -0.0175. The van der Waals surface area contributed by atoms with E-state index in [9.17, 15) is 0 Å². The molecule has 72 valence electrons. The highest BCUT2D eigenvalue weighted by Crippen LogP contribution is 2.10. The Morgan fingerprint density at radius 3 is 2.75 bits per heavy atom. The van der Waals surface area contributed by atoms with E-state index in [1.807, 2.05) is 0 Å². The van der Waals surface area contributed by atoms with Crippen molar-refractivity contribution >= 4 is 0 Å². The first kappa shape index (κ1) is 9.96. The summed E-state index contributed by atoms with van der Waals surface area (Å²) >= 11 is 0. The summed E-state index contributed by atoms with van der Waals surface area (Å²) in [6.07, 6.45) is 1.44. The van der Waals surface area contributed by atoms with E-state index in [1.165, 1.54) is 0 Å². The maximum Gasteiger partial charge on any atom is 0.0702 e. The van der Waals surface area contributed by atoms with Crippen LogP contribution in [0.15, 0.2) is 0 Å². The van der Waals surface area contributed by atoms with Crippen molar-refractivity contribution in [3.63, 3.8) is 0 Å². The Morgan fingerprint density at radius 2 is 2.33 bits per heavy atom. The smallest absolute Gasteiger partial charge is 0.0702 e. The van der Waals surface area contributed by atoms with Crippen molar-refractivity contribution in [2.75, 3.05) is 19.8 Å². The third-order valence-corrected chi connectivity index (χ3v) is 2.12. The van der Waals surface area contributed by atoms with Crippen molar-refractivity contribution in [1.29, 1.82) is 0 Å². The van der Waals surface area contributed by atoms with Crippen molar-refractivity contribution in [2.24, 2.45) is 5.92 Å². The molecule has 0 radical (unpaired) electrons. The Morgan fingerprint density at radius 1 is 1.58 bits per heavy atom. The van der Waals surface area contributed by atoms with Crippen LogP contribution in [0.3, 0.4) is 0 Å². The van der Waals surface area contributed by atoms with Crippen LogP contribution in [0.1, 0.15) is 20.3 Å². The number of morpholine rings is 1. The third kappa shape index (κ3) is 3.09. The zero-order valence-corrected chi connectivity index (χ0v) is 7.92. The lowest BCUT2D eigenvalue weighted by atomic mass is 10.0. The van der Waals surface area contributed by atoms with E-state index in [0.29, 0.717) is 18.6 Å². The Kier molecular flexibility index (Phi) is 3.98. The molecule has 3 heteroatoms. The quantitative estimate of drug-likeness (QED) is 0.648. The van der Waals surface area contributed by atoms with Gasteiger partial charge in [-0.2, -0.15) is 0 Å². The molecule has 1 saturated heterocycles. The summed E-state index contributed by atoms with van der Waals surface area (Å²) in [5.41, 5.74) is 0. The molecule has 0 aromatic heterocycles. The maximum absolute atomic E-state index is 8.82. The highest BCUT2D eigenvalue weighted by Gasteiger charge is 2.20. The van der Waals surface area contributed by atoms with Crippen LogP contribution < -0.4 is 5.32 Å². The first-order valence-electron chi connectivity index (χ1n) is 4.68. The maximum atomic E-state index is 8.82. The predicted octanol–water partition coefficient (Wildman–Crippen LogP) is 0.382. The summed E-state index contributed by atoms with van der Waals surface area (Å²) in [6.45, 7) is 6.09. The standard InChI is InChI=1S/C9H19NO2/c1-7(2)3-9-4-10-8(5-11)6-12-9/h7-11H,3-6H2,1-2H3. The van der Waals surface area contributed by atoms with Crippen molar-refractivity contribution in [3.8, 4) is 0 Å². The van der Waals surface area contributed by atoms with Crippen LogP contribution in [0.25, 0.3) is 0 Å². The molecule has 0 bridgehead atoms. The molecule has 1 aliphatic rings. The van der Waals surface area contributed by atoms with Crippen LogP contribution in [0, 0.1) is 5.92 Å². The minimum absolute atomic E-state index is 0.147. The second kappa shape index (κ2) is 4.80. The summed E-state index contributed by atoms with van der Waals surface area (Å²) in [7, 11) is 0. The van der Waals surface area contributed by atoms with Gasteiger partial charge in [0.1, 0.15) is 0 Å². The van der Waals surface area contributed by atoms with Gasteiger partial charge in [0.05, 0.1) is 25.4 Å². The molecule has 1 rings (SSSR count). The summed E-state index contributed by atoms with van der Waals surface area (Å²) < 4.78 is 5.57. The van der Waals surface area contributed by atoms with Gasteiger partial charge in [0, 0.05) is 6.54 Å². The lowest BCUT2D eigenvalue weighted by Gasteiger charge is -2.30. The fraction of sp³-hybridized carbons (Fsp3) is 1.00. The van der Waals surface area contributed by atoms with E-state index >= 15 is 0 Å². The second-order valence-corrected chi connectivity index (χ2v) is 3.87. The van der Waals surface area contributed by atoms with Crippen LogP contribution in [0.5, 0.6) is 0 Å². The molecular weight excluding hydrogens is 154 g/mol. The van der Waals surface area contributed by atoms with E-state index < -0.39 is 0 Å². The molecule has 0 aromatic carbocycles. The largest absolute Gasteiger partial charge is 0.395 e. The van der Waals surface area contributed by atoms with Gasteiger partial charge in [0.2, 0.25) is 0 Å². The van der Waals surface area contributed by atoms with Gasteiger partial charge in [-0.05, 0) is 12.3 Å². The van der Waals surface area contributed by atoms with Gasteiger partial charge in [0.15, 0.2) is 0 Å². The molecule has 2 atom stereocenters. The molecule has 1 fully saturated rings. The molecular formula is C9H19NO2. The second-order valence-electron chi connectivity index (χ2n) is 3.87. The van der Waals surface area contributed by atoms with Crippen LogP contribution in [0.4, 0.5) is 0 Å². The van der Waals surface area contributed by atoms with Crippen LogP contribution in [-0.4, -0.2) is 37.0 Å². The number of hydrogen-bond donors (Lipinski definition) is 2. The first-order chi connectivity index (χ1) is 5.72. The number of nitrogens with one attached hydrogen (secondary N) is 1. The highest BCUT2D eigenvalue weighted by molar-refractivity contribution is 4.75. The summed E-state index contributed by atoms with van der Waals surface area (Å²) in [5.74, 6) is 0.683. The number of rotatable bonds is 3. The first-order valence-corrected chi connectivity index (χ1v) is 4.68. The molecule has 2 unspecified atom stereocenters. The SMILES string of the molecule is CC(C)CC1CNC(CO)CO1. The van der Waals surface area contributed by atoms with Crippen LogP contribution in [0.2, 0.25) is 0 Å². The Labute approximate surface area is 74.1 Å². The molecule has 0 amide bonds. The van der Waals surface area contributed by atoms with E-state index in [4.69, 9.17) is 9.84 Å². The lowest BCUT2D eigenvalue weighted by Crippen LogP contribution is -2.48. The molecule has 0 saturated carbocycles. The topological polar surface area (TPSA) is 41.5 Å². The Balaban J connectivity index is 2.17. The molecule has 0 spiro atoms.